The number of nitrogens with two attached hydrogens (primary N) is 1. The van der Waals surface area contributed by atoms with Gasteiger partial charge < -0.3 is 4.42 Å². The van der Waals surface area contributed by atoms with Crippen LogP contribution in [-0.2, 0) is 6.42 Å². The van der Waals surface area contributed by atoms with Gasteiger partial charge in [0, 0.05) is 10.9 Å². The molecular weight excluding hydrogens is 188 g/mol. The van der Waals surface area contributed by atoms with Gasteiger partial charge in [-0.15, -0.1) is 0 Å². The first-order valence-electron chi connectivity index (χ1n) is 5.24. The van der Waals surface area contributed by atoms with E-state index in [0.29, 0.717) is 0 Å². The molecule has 0 spiro atoms. The molecule has 0 radical (unpaired) electrons. The van der Waals surface area contributed by atoms with Crippen molar-refractivity contribution in [3.63, 3.8) is 0 Å². The zero-order valence-corrected chi connectivity index (χ0v) is 9.08. The molecular formula is C12H16N2O. The van der Waals surface area contributed by atoms with Gasteiger partial charge in [0.15, 0.2) is 0 Å². The molecule has 0 bridgehead atoms. The topological polar surface area (TPSA) is 51.2 Å². The van der Waals surface area contributed by atoms with E-state index in [4.69, 9.17) is 10.3 Å². The molecule has 3 N–H and O–H groups in total. The zero-order chi connectivity index (χ0) is 10.8. The lowest BCUT2D eigenvalue weighted by atomic mass is 10.1. The van der Waals surface area contributed by atoms with E-state index in [1.807, 2.05) is 25.1 Å². The fourth-order valence-corrected chi connectivity index (χ4v) is 1.91. The number of hydrazine groups is 1. The summed E-state index contributed by atoms with van der Waals surface area (Å²) < 4.78 is 5.80. The van der Waals surface area contributed by atoms with Gasteiger partial charge in [-0.05, 0) is 19.4 Å². The number of fused-ring (bicyclic) bond motifs is 1. The maximum Gasteiger partial charge on any atom is 0.134 e. The van der Waals surface area contributed by atoms with E-state index in [2.05, 4.69) is 18.4 Å². The van der Waals surface area contributed by atoms with Gasteiger partial charge in [0.25, 0.3) is 0 Å². The second kappa shape index (κ2) is 4.04. The molecule has 80 valence electrons. The molecule has 0 fully saturated rings. The zero-order valence-electron chi connectivity index (χ0n) is 9.08. The number of furan rings is 1. The van der Waals surface area contributed by atoms with E-state index >= 15 is 0 Å². The van der Waals surface area contributed by atoms with Gasteiger partial charge in [-0.25, -0.2) is 0 Å². The minimum atomic E-state index is 0.0485. The summed E-state index contributed by atoms with van der Waals surface area (Å²) in [7, 11) is 0. The van der Waals surface area contributed by atoms with Gasteiger partial charge in [0.05, 0.1) is 6.04 Å². The molecule has 0 aliphatic heterocycles. The Morgan fingerprint density at radius 2 is 2.13 bits per heavy atom. The Bertz CT molecular complexity index is 462. The summed E-state index contributed by atoms with van der Waals surface area (Å²) in [6.07, 6.45) is 0.957. The van der Waals surface area contributed by atoms with Gasteiger partial charge >= 0.3 is 0 Å². The Balaban J connectivity index is 2.63. The summed E-state index contributed by atoms with van der Waals surface area (Å²) >= 11 is 0. The van der Waals surface area contributed by atoms with Gasteiger partial charge in [-0.3, -0.25) is 11.3 Å². The lowest BCUT2D eigenvalue weighted by molar-refractivity contribution is 0.454. The summed E-state index contributed by atoms with van der Waals surface area (Å²) in [4.78, 5) is 0. The summed E-state index contributed by atoms with van der Waals surface area (Å²) in [5.41, 5.74) is 4.91. The number of rotatable bonds is 3. The Morgan fingerprint density at radius 3 is 2.80 bits per heavy atom. The van der Waals surface area contributed by atoms with E-state index in [1.165, 1.54) is 10.9 Å². The van der Waals surface area contributed by atoms with Gasteiger partial charge in [-0.1, -0.05) is 25.1 Å². The first kappa shape index (κ1) is 10.2. The minimum Gasteiger partial charge on any atom is -0.459 e. The average Bonchev–Trinajstić information content (AvgIpc) is 2.66. The molecule has 2 aromatic rings. The maximum atomic E-state index is 5.80. The van der Waals surface area contributed by atoms with Crippen molar-refractivity contribution in [1.29, 1.82) is 0 Å². The SMILES string of the molecule is CCc1c(C(C)NN)oc2ccccc12. The third kappa shape index (κ3) is 1.64. The second-order valence-electron chi connectivity index (χ2n) is 3.68. The molecule has 1 atom stereocenters. The lowest BCUT2D eigenvalue weighted by Crippen LogP contribution is -2.25. The third-order valence-electron chi connectivity index (χ3n) is 2.73. The summed E-state index contributed by atoms with van der Waals surface area (Å²) in [5, 5.41) is 1.19. The Hall–Kier alpha value is -1.32. The van der Waals surface area contributed by atoms with E-state index in [-0.39, 0.29) is 6.04 Å². The van der Waals surface area contributed by atoms with Crippen LogP contribution in [0, 0.1) is 0 Å². The Morgan fingerprint density at radius 1 is 1.40 bits per heavy atom. The highest BCUT2D eigenvalue weighted by atomic mass is 16.3. The average molecular weight is 204 g/mol. The molecule has 15 heavy (non-hydrogen) atoms. The van der Waals surface area contributed by atoms with E-state index in [0.717, 1.165) is 17.8 Å². The van der Waals surface area contributed by atoms with Crippen molar-refractivity contribution >= 4 is 11.0 Å². The van der Waals surface area contributed by atoms with Crippen LogP contribution in [0.3, 0.4) is 0 Å². The van der Waals surface area contributed by atoms with Crippen molar-refractivity contribution in [3.05, 3.63) is 35.6 Å². The van der Waals surface area contributed by atoms with Crippen LogP contribution in [0.25, 0.3) is 11.0 Å². The minimum absolute atomic E-state index is 0.0485. The van der Waals surface area contributed by atoms with Crippen LogP contribution in [0.5, 0.6) is 0 Å². The summed E-state index contributed by atoms with van der Waals surface area (Å²) in [6.45, 7) is 4.13. The maximum absolute atomic E-state index is 5.80. The van der Waals surface area contributed by atoms with Crippen LogP contribution in [0.4, 0.5) is 0 Å². The fourth-order valence-electron chi connectivity index (χ4n) is 1.91. The fraction of sp³-hybridized carbons (Fsp3) is 0.333. The number of aryl methyl sites for hydroxylation is 1. The smallest absolute Gasteiger partial charge is 0.134 e. The monoisotopic (exact) mass is 204 g/mol. The summed E-state index contributed by atoms with van der Waals surface area (Å²) in [5.74, 6) is 6.39. The first-order valence-corrected chi connectivity index (χ1v) is 5.24. The molecule has 3 nitrogen and oxygen atoms in total. The standard InChI is InChI=1S/C12H16N2O/c1-3-9-10-6-4-5-7-11(10)15-12(9)8(2)14-13/h4-8,14H,3,13H2,1-2H3. The van der Waals surface area contributed by atoms with E-state index in [9.17, 15) is 0 Å². The van der Waals surface area contributed by atoms with E-state index < -0.39 is 0 Å². The molecule has 0 aliphatic rings. The largest absolute Gasteiger partial charge is 0.459 e. The third-order valence-corrected chi connectivity index (χ3v) is 2.73. The number of hydrogen-bond acceptors (Lipinski definition) is 3. The summed E-state index contributed by atoms with van der Waals surface area (Å²) in [6, 6.07) is 8.13. The predicted molar refractivity (Wildman–Crippen MR) is 61.3 cm³/mol. The van der Waals surface area contributed by atoms with Crippen molar-refractivity contribution in [2.75, 3.05) is 0 Å². The van der Waals surface area contributed by atoms with Crippen LogP contribution < -0.4 is 11.3 Å². The molecule has 2 rings (SSSR count). The van der Waals surface area contributed by atoms with Crippen LogP contribution in [-0.4, -0.2) is 0 Å². The highest BCUT2D eigenvalue weighted by molar-refractivity contribution is 5.82. The van der Waals surface area contributed by atoms with E-state index in [1.54, 1.807) is 0 Å². The normalized spacial score (nSPS) is 13.3. The molecule has 0 saturated heterocycles. The molecule has 0 amide bonds. The van der Waals surface area contributed by atoms with Crippen LogP contribution >= 0.6 is 0 Å². The highest BCUT2D eigenvalue weighted by Gasteiger charge is 2.16. The molecule has 1 unspecified atom stereocenters. The van der Waals surface area contributed by atoms with Crippen molar-refractivity contribution in [2.24, 2.45) is 5.84 Å². The second-order valence-corrected chi connectivity index (χ2v) is 3.68. The number of para-hydroxylation sites is 1. The first-order chi connectivity index (χ1) is 7.27. The molecule has 3 heteroatoms. The molecule has 0 aliphatic carbocycles. The number of benzene rings is 1. The van der Waals surface area contributed by atoms with Crippen molar-refractivity contribution < 1.29 is 4.42 Å². The predicted octanol–water partition coefficient (Wildman–Crippen LogP) is 2.52. The van der Waals surface area contributed by atoms with Crippen molar-refractivity contribution in [1.82, 2.24) is 5.43 Å². The number of hydrogen-bond donors (Lipinski definition) is 2. The highest BCUT2D eigenvalue weighted by Crippen LogP contribution is 2.29. The van der Waals surface area contributed by atoms with Gasteiger partial charge in [0.2, 0.25) is 0 Å². The molecule has 0 saturated carbocycles. The van der Waals surface area contributed by atoms with Crippen LogP contribution in [0.15, 0.2) is 28.7 Å². The Kier molecular flexibility index (Phi) is 2.75. The molecule has 1 aromatic carbocycles. The van der Waals surface area contributed by atoms with Crippen LogP contribution in [0.1, 0.15) is 31.2 Å². The molecule has 1 heterocycles. The lowest BCUT2D eigenvalue weighted by Gasteiger charge is -2.08. The van der Waals surface area contributed by atoms with Crippen LogP contribution in [0.2, 0.25) is 0 Å². The van der Waals surface area contributed by atoms with Gasteiger partial charge in [0.1, 0.15) is 11.3 Å². The van der Waals surface area contributed by atoms with Crippen molar-refractivity contribution in [2.45, 2.75) is 26.3 Å². The van der Waals surface area contributed by atoms with Gasteiger partial charge in [-0.2, -0.15) is 0 Å². The Labute approximate surface area is 89.2 Å². The number of nitrogens with one attached hydrogen (secondary N) is 1. The molecule has 1 aromatic heterocycles. The van der Waals surface area contributed by atoms with Crippen molar-refractivity contribution in [3.8, 4) is 0 Å². The quantitative estimate of drug-likeness (QED) is 0.596.